The molecule has 1 fully saturated rings. The summed E-state index contributed by atoms with van der Waals surface area (Å²) in [6.07, 6.45) is 5.28. The van der Waals surface area contributed by atoms with Crippen molar-refractivity contribution in [3.63, 3.8) is 0 Å². The summed E-state index contributed by atoms with van der Waals surface area (Å²) < 4.78 is 26.0. The molecule has 18 heavy (non-hydrogen) atoms. The zero-order chi connectivity index (χ0) is 12.8. The van der Waals surface area contributed by atoms with Crippen LogP contribution in [0.1, 0.15) is 55.0 Å². The second kappa shape index (κ2) is 4.35. The van der Waals surface area contributed by atoms with Crippen LogP contribution in [0.4, 0.5) is 0 Å². The topological polar surface area (TPSA) is 72.2 Å². The Labute approximate surface area is 107 Å². The fourth-order valence-electron chi connectivity index (χ4n) is 2.92. The van der Waals surface area contributed by atoms with Crippen LogP contribution in [0.3, 0.4) is 0 Å². The Morgan fingerprint density at radius 2 is 2.11 bits per heavy atom. The molecule has 1 saturated heterocycles. The highest BCUT2D eigenvalue weighted by Crippen LogP contribution is 2.34. The summed E-state index contributed by atoms with van der Waals surface area (Å²) in [6, 6.07) is 0. The van der Waals surface area contributed by atoms with Crippen LogP contribution >= 0.6 is 0 Å². The number of fused-ring (bicyclic) bond motifs is 1. The van der Waals surface area contributed by atoms with E-state index in [0.29, 0.717) is 24.4 Å². The van der Waals surface area contributed by atoms with Gasteiger partial charge >= 0.3 is 0 Å². The smallest absolute Gasteiger partial charge is 0.158 e. The van der Waals surface area contributed by atoms with Crippen LogP contribution in [0.15, 0.2) is 6.20 Å². The lowest BCUT2D eigenvalue weighted by Gasteiger charge is -2.20. The van der Waals surface area contributed by atoms with Gasteiger partial charge in [-0.25, -0.2) is 13.4 Å². The standard InChI is InChI=1S/C12H18N2O3S/c15-10-4-3-6-14-8-9(13-12(10)14)11-5-1-2-7-18(11,16)17/h8,10-11,15H,1-7H2. The molecule has 3 heterocycles. The van der Waals surface area contributed by atoms with E-state index in [2.05, 4.69) is 4.98 Å². The van der Waals surface area contributed by atoms with Crippen molar-refractivity contribution in [1.82, 2.24) is 9.55 Å². The van der Waals surface area contributed by atoms with Gasteiger partial charge in [-0.15, -0.1) is 0 Å². The van der Waals surface area contributed by atoms with Gasteiger partial charge in [-0.05, 0) is 25.7 Å². The summed E-state index contributed by atoms with van der Waals surface area (Å²) in [4.78, 5) is 4.38. The highest BCUT2D eigenvalue weighted by molar-refractivity contribution is 7.91. The van der Waals surface area contributed by atoms with E-state index < -0.39 is 21.2 Å². The lowest BCUT2D eigenvalue weighted by molar-refractivity contribution is 0.133. The molecule has 2 aliphatic rings. The molecule has 0 aliphatic carbocycles. The lowest BCUT2D eigenvalue weighted by Crippen LogP contribution is -2.21. The third kappa shape index (κ3) is 1.97. The number of aliphatic hydroxyl groups is 1. The first-order valence-electron chi connectivity index (χ1n) is 6.54. The number of aliphatic hydroxyl groups excluding tert-OH is 1. The number of aryl methyl sites for hydroxylation is 1. The molecule has 0 spiro atoms. The quantitative estimate of drug-likeness (QED) is 0.836. The zero-order valence-corrected chi connectivity index (χ0v) is 11.1. The molecule has 1 N–H and O–H groups in total. The fourth-order valence-corrected chi connectivity index (χ4v) is 4.82. The average molecular weight is 270 g/mol. The number of imidazole rings is 1. The van der Waals surface area contributed by atoms with Gasteiger partial charge in [-0.1, -0.05) is 6.42 Å². The maximum Gasteiger partial charge on any atom is 0.158 e. The number of rotatable bonds is 1. The third-order valence-electron chi connectivity index (χ3n) is 3.91. The SMILES string of the molecule is O=S1(=O)CCCCC1c1cn2c(n1)C(O)CCC2. The zero-order valence-electron chi connectivity index (χ0n) is 10.2. The highest BCUT2D eigenvalue weighted by Gasteiger charge is 2.33. The number of nitrogens with zero attached hydrogens (tertiary/aromatic N) is 2. The van der Waals surface area contributed by atoms with Crippen molar-refractivity contribution in [2.75, 3.05) is 5.75 Å². The Balaban J connectivity index is 1.97. The van der Waals surface area contributed by atoms with Crippen molar-refractivity contribution in [2.24, 2.45) is 0 Å². The molecule has 1 aromatic heterocycles. The van der Waals surface area contributed by atoms with E-state index in [9.17, 15) is 13.5 Å². The van der Waals surface area contributed by atoms with Crippen LogP contribution in [0.25, 0.3) is 0 Å². The second-order valence-electron chi connectivity index (χ2n) is 5.23. The minimum absolute atomic E-state index is 0.266. The first kappa shape index (κ1) is 12.2. The molecule has 2 atom stereocenters. The molecule has 6 heteroatoms. The summed E-state index contributed by atoms with van der Waals surface area (Å²) in [5.74, 6) is 0.902. The number of aromatic nitrogens is 2. The van der Waals surface area contributed by atoms with Gasteiger partial charge in [0.05, 0.1) is 11.4 Å². The molecular weight excluding hydrogens is 252 g/mol. The van der Waals surface area contributed by atoms with E-state index in [1.54, 1.807) is 0 Å². The molecule has 0 aromatic carbocycles. The van der Waals surface area contributed by atoms with E-state index in [4.69, 9.17) is 0 Å². The van der Waals surface area contributed by atoms with E-state index in [1.165, 1.54) is 0 Å². The summed E-state index contributed by atoms with van der Waals surface area (Å²) in [6.45, 7) is 0.826. The minimum atomic E-state index is -3.05. The fraction of sp³-hybridized carbons (Fsp3) is 0.750. The van der Waals surface area contributed by atoms with Crippen LogP contribution in [0.5, 0.6) is 0 Å². The Morgan fingerprint density at radius 1 is 1.28 bits per heavy atom. The normalized spacial score (nSPS) is 30.9. The van der Waals surface area contributed by atoms with E-state index in [1.807, 2.05) is 10.8 Å². The monoisotopic (exact) mass is 270 g/mol. The maximum atomic E-state index is 12.1. The largest absolute Gasteiger partial charge is 0.385 e. The molecule has 0 radical (unpaired) electrons. The molecule has 0 saturated carbocycles. The average Bonchev–Trinajstić information content (AvgIpc) is 2.73. The second-order valence-corrected chi connectivity index (χ2v) is 7.53. The molecule has 2 unspecified atom stereocenters. The maximum absolute atomic E-state index is 12.1. The van der Waals surface area contributed by atoms with Gasteiger partial charge in [0.25, 0.3) is 0 Å². The predicted octanol–water partition coefficient (Wildman–Crippen LogP) is 1.35. The van der Waals surface area contributed by atoms with Crippen LogP contribution in [0, 0.1) is 0 Å². The van der Waals surface area contributed by atoms with Crippen LogP contribution < -0.4 is 0 Å². The van der Waals surface area contributed by atoms with Crippen LogP contribution in [0.2, 0.25) is 0 Å². The minimum Gasteiger partial charge on any atom is -0.385 e. The first-order chi connectivity index (χ1) is 8.58. The first-order valence-corrected chi connectivity index (χ1v) is 8.26. The number of sulfone groups is 1. The summed E-state index contributed by atoms with van der Waals surface area (Å²) in [5.41, 5.74) is 0.630. The van der Waals surface area contributed by atoms with Gasteiger partial charge in [0.2, 0.25) is 0 Å². The van der Waals surface area contributed by atoms with Crippen molar-refractivity contribution in [3.05, 3.63) is 17.7 Å². The highest BCUT2D eigenvalue weighted by atomic mass is 32.2. The Bertz CT molecular complexity index is 550. The molecule has 1 aromatic rings. The molecule has 2 aliphatic heterocycles. The van der Waals surface area contributed by atoms with Gasteiger partial charge < -0.3 is 9.67 Å². The summed E-state index contributed by atoms with van der Waals surface area (Å²) in [5, 5.41) is 9.41. The van der Waals surface area contributed by atoms with E-state index in [-0.39, 0.29) is 5.75 Å². The molecule has 5 nitrogen and oxygen atoms in total. The molecule has 3 rings (SSSR count). The van der Waals surface area contributed by atoms with Gasteiger partial charge in [-0.3, -0.25) is 0 Å². The van der Waals surface area contributed by atoms with Gasteiger partial charge in [0, 0.05) is 12.7 Å². The van der Waals surface area contributed by atoms with Crippen molar-refractivity contribution in [2.45, 2.75) is 50.0 Å². The Hall–Kier alpha value is -0.880. The Morgan fingerprint density at radius 3 is 2.83 bits per heavy atom. The van der Waals surface area contributed by atoms with Gasteiger partial charge in [-0.2, -0.15) is 0 Å². The molecule has 0 amide bonds. The van der Waals surface area contributed by atoms with E-state index >= 15 is 0 Å². The summed E-state index contributed by atoms with van der Waals surface area (Å²) in [7, 11) is -3.05. The predicted molar refractivity (Wildman–Crippen MR) is 66.8 cm³/mol. The molecule has 100 valence electrons. The number of hydrogen-bond donors (Lipinski definition) is 1. The van der Waals surface area contributed by atoms with Crippen molar-refractivity contribution < 1.29 is 13.5 Å². The van der Waals surface area contributed by atoms with E-state index in [0.717, 1.165) is 25.8 Å². The van der Waals surface area contributed by atoms with Gasteiger partial charge in [0.1, 0.15) is 17.2 Å². The number of hydrogen-bond acceptors (Lipinski definition) is 4. The van der Waals surface area contributed by atoms with Gasteiger partial charge in [0.15, 0.2) is 9.84 Å². The lowest BCUT2D eigenvalue weighted by atomic mass is 10.1. The summed E-state index contributed by atoms with van der Waals surface area (Å²) >= 11 is 0. The third-order valence-corrected chi connectivity index (χ3v) is 6.11. The van der Waals surface area contributed by atoms with Crippen LogP contribution in [-0.2, 0) is 16.4 Å². The van der Waals surface area contributed by atoms with Crippen molar-refractivity contribution in [3.8, 4) is 0 Å². The van der Waals surface area contributed by atoms with Crippen molar-refractivity contribution in [1.29, 1.82) is 0 Å². The van der Waals surface area contributed by atoms with Crippen LogP contribution in [-0.4, -0.2) is 28.8 Å². The molecule has 0 bridgehead atoms. The van der Waals surface area contributed by atoms with Crippen molar-refractivity contribution >= 4 is 9.84 Å². The molecular formula is C12H18N2O3S. The Kier molecular flexibility index (Phi) is 2.94.